The first kappa shape index (κ1) is 132. The summed E-state index contributed by atoms with van der Waals surface area (Å²) < 4.78 is 4.83. The van der Waals surface area contributed by atoms with Gasteiger partial charge in [-0.2, -0.15) is 0 Å². The normalized spacial score (nSPS) is 11.1. The van der Waals surface area contributed by atoms with Crippen molar-refractivity contribution in [3.8, 4) is 17.2 Å². The van der Waals surface area contributed by atoms with Gasteiger partial charge in [0, 0.05) is 44.1 Å². The summed E-state index contributed by atoms with van der Waals surface area (Å²) in [5.41, 5.74) is 2.00. The number of ether oxygens (including phenoxy) is 1. The van der Waals surface area contributed by atoms with Crippen molar-refractivity contribution >= 4 is 52.0 Å². The lowest BCUT2D eigenvalue weighted by Crippen LogP contribution is -1.94. The third kappa shape index (κ3) is 117. The van der Waals surface area contributed by atoms with E-state index >= 15 is 0 Å². The molecule has 2 N–H and O–H groups in total. The average molecular weight is 1790 g/mol. The number of methoxy groups -OCH3 is 1. The summed E-state index contributed by atoms with van der Waals surface area (Å²) in [5.74, 6) is 4.08. The van der Waals surface area contributed by atoms with Crippen LogP contribution in [0.2, 0.25) is 0 Å². The fourth-order valence-corrected chi connectivity index (χ4v) is 13.5. The van der Waals surface area contributed by atoms with Crippen LogP contribution in [0.3, 0.4) is 0 Å². The zero-order valence-electron chi connectivity index (χ0n) is 86.3. The number of allylic oxidation sites excluding steroid dienone is 8. The number of carbonyl (C=O) groups excluding carboxylic acids is 9. The highest BCUT2D eigenvalue weighted by Crippen LogP contribution is 2.27. The van der Waals surface area contributed by atoms with Crippen LogP contribution in [0.4, 0.5) is 0 Å². The summed E-state index contributed by atoms with van der Waals surface area (Å²) in [5, 5.41) is 18.2. The van der Waals surface area contributed by atoms with Crippen LogP contribution in [-0.2, 0) is 40.0 Å². The maximum atomic E-state index is 10.9. The molecule has 0 bridgehead atoms. The van der Waals surface area contributed by atoms with E-state index in [0.717, 1.165) is 94.4 Å². The van der Waals surface area contributed by atoms with Gasteiger partial charge in [-0.25, -0.2) is 0 Å². The van der Waals surface area contributed by atoms with Gasteiger partial charge in [-0.3, -0.25) is 19.2 Å². The molecule has 0 radical (unpaired) electrons. The van der Waals surface area contributed by atoms with Crippen LogP contribution in [0.5, 0.6) is 17.2 Å². The predicted molar refractivity (Wildman–Crippen MR) is 554 cm³/mol. The first-order valence-electron chi connectivity index (χ1n) is 51.9. The highest BCUT2D eigenvalue weighted by atomic mass is 16.5. The van der Waals surface area contributed by atoms with Gasteiger partial charge in [0.1, 0.15) is 40.4 Å². The molecule has 736 valence electrons. The van der Waals surface area contributed by atoms with Crippen molar-refractivity contribution in [1.82, 2.24) is 0 Å². The number of hydrogen-bond acceptors (Lipinski definition) is 12. The number of unbranched alkanes of at least 4 members (excludes halogenated alkanes) is 42. The maximum absolute atomic E-state index is 10.9. The Balaban J connectivity index is -0.000000332. The Morgan fingerprint density at radius 1 is 0.297 bits per heavy atom. The number of Topliss-reactive ketones (excluding diaryl/α,β-unsaturated/α-hetero) is 8. The quantitative estimate of drug-likeness (QED) is 0.0235. The predicted octanol–water partition coefficient (Wildman–Crippen LogP) is 35.5. The Morgan fingerprint density at radius 2 is 0.586 bits per heavy atom. The van der Waals surface area contributed by atoms with Crippen molar-refractivity contribution in [3.05, 3.63) is 138 Å². The van der Waals surface area contributed by atoms with Crippen molar-refractivity contribution < 1.29 is 58.1 Å². The standard InChI is InChI=1S/C19H38O.C19H36O.2C18H34O.C10H18O.C9H10O3.C9H10O.C8H8O2.C6H12O/c2*1-3-4-5-6-7-8-9-10-11-12-13-14-15-16-17-18-19(2)20;2*1-4-17(2)15-13-11-9-7-5-6-8-10-12-14-16-18(3)19;1-3-4-5-6-7-8-9-10(2)11;1-6(10)7-3-4-8(11)9(5-7)12-2;1-8(10)7-9-5-3-2-4-6-9;1-6(9)7-4-2-3-5-8(7)10;1-3-4-5-6(2)7/h3-18H2,1-2H3;6-7H,3-5,8-18H2,1-2H3;2*5,7,17H,4,6,8-16H2,1-3H3;8-9H,3-7H2,1-2H3;3-5,11H,1-2H3;2-6H,7H2,1H3;2-5,10H,1H3;3-5H2,1-2H3/b;7-6-;2*7-5-;9-8+;;;;/t;;17-;;;;;;/m..0....../s1. The van der Waals surface area contributed by atoms with Gasteiger partial charge in [0.25, 0.3) is 0 Å². The molecule has 1 unspecified atom stereocenters. The van der Waals surface area contributed by atoms with E-state index in [1.807, 2.05) is 36.4 Å². The minimum atomic E-state index is -0.113. The fraction of sp³-hybridized carbons (Fsp3) is 0.698. The molecule has 3 aromatic carbocycles. The molecule has 0 heterocycles. The van der Waals surface area contributed by atoms with E-state index in [2.05, 4.69) is 91.8 Å². The minimum Gasteiger partial charge on any atom is -0.507 e. The summed E-state index contributed by atoms with van der Waals surface area (Å²) in [6.07, 6.45) is 93.9. The first-order valence-corrected chi connectivity index (χ1v) is 51.9. The molecule has 0 fully saturated rings. The number of rotatable bonds is 71. The SMILES string of the molecule is CC(=O)Cc1ccccc1.CC(=O)c1ccccc1O.CCC(C)CCCC/C=C\CCCCCCC(C)=O.CCCC/C=C\CCCCCCCCCCCC(C)=O.CCCCC(C)=O.CCCCCC/C=C/C(C)=O.CCCCCCCCCCCCCCCCCC(C)=O.CC[C@H](C)CCCC/C=C\CCCCCCC(C)=O.COc1cc(C(C)=O)ccc1O. The van der Waals surface area contributed by atoms with E-state index in [0.29, 0.717) is 52.2 Å². The van der Waals surface area contributed by atoms with Gasteiger partial charge < -0.3 is 38.9 Å². The molecule has 0 saturated carbocycles. The molecular weight excluding hydrogens is 1590 g/mol. The number of aromatic hydroxyl groups is 2. The number of para-hydroxylation sites is 1. The maximum Gasteiger partial charge on any atom is 0.163 e. The van der Waals surface area contributed by atoms with Crippen molar-refractivity contribution in [1.29, 1.82) is 0 Å². The molecule has 0 aliphatic carbocycles. The molecule has 0 spiro atoms. The molecule has 12 heteroatoms. The minimum absolute atomic E-state index is 0.0440. The van der Waals surface area contributed by atoms with Gasteiger partial charge >= 0.3 is 0 Å². The summed E-state index contributed by atoms with van der Waals surface area (Å²) in [7, 11) is 1.44. The average Bonchev–Trinajstić information content (AvgIpc) is 0.872. The zero-order chi connectivity index (χ0) is 96.8. The number of ketones is 9. The Morgan fingerprint density at radius 3 is 0.867 bits per heavy atom. The van der Waals surface area contributed by atoms with Gasteiger partial charge in [-0.1, -0.05) is 378 Å². The second kappa shape index (κ2) is 107. The van der Waals surface area contributed by atoms with Gasteiger partial charge in [0.05, 0.1) is 12.7 Å². The monoisotopic (exact) mass is 1790 g/mol. The van der Waals surface area contributed by atoms with Gasteiger partial charge in [-0.05, 0) is 232 Å². The molecule has 0 aliphatic rings. The Hall–Kier alpha value is -6.95. The van der Waals surface area contributed by atoms with Crippen LogP contribution in [0.25, 0.3) is 0 Å². The van der Waals surface area contributed by atoms with Crippen LogP contribution in [0.15, 0.2) is 121 Å². The molecule has 12 nitrogen and oxygen atoms in total. The van der Waals surface area contributed by atoms with Crippen LogP contribution < -0.4 is 4.74 Å². The van der Waals surface area contributed by atoms with Gasteiger partial charge in [0.2, 0.25) is 0 Å². The molecule has 0 aliphatic heterocycles. The van der Waals surface area contributed by atoms with E-state index in [-0.39, 0.29) is 34.6 Å². The first-order chi connectivity index (χ1) is 61.6. The van der Waals surface area contributed by atoms with Crippen molar-refractivity contribution in [3.63, 3.8) is 0 Å². The van der Waals surface area contributed by atoms with Gasteiger partial charge in [0.15, 0.2) is 28.8 Å². The highest BCUT2D eigenvalue weighted by molar-refractivity contribution is 5.96. The number of benzene rings is 3. The lowest BCUT2D eigenvalue weighted by atomic mass is 10.0. The van der Waals surface area contributed by atoms with Crippen LogP contribution in [0, 0.1) is 11.8 Å². The Bertz CT molecular complexity index is 3080. The number of phenols is 2. The van der Waals surface area contributed by atoms with Crippen LogP contribution >= 0.6 is 0 Å². The van der Waals surface area contributed by atoms with E-state index in [1.165, 1.54) is 347 Å². The zero-order valence-corrected chi connectivity index (χ0v) is 86.3. The van der Waals surface area contributed by atoms with Crippen LogP contribution in [0.1, 0.15) is 529 Å². The van der Waals surface area contributed by atoms with E-state index in [4.69, 9.17) is 9.84 Å². The second-order valence-electron chi connectivity index (χ2n) is 35.8. The van der Waals surface area contributed by atoms with Crippen molar-refractivity contribution in [2.45, 2.75) is 509 Å². The Kier molecular flexibility index (Phi) is 110. The topological polar surface area (TPSA) is 203 Å². The lowest BCUT2D eigenvalue weighted by molar-refractivity contribution is -0.117. The highest BCUT2D eigenvalue weighted by Gasteiger charge is 2.07. The van der Waals surface area contributed by atoms with Crippen LogP contribution in [-0.4, -0.2) is 69.4 Å². The summed E-state index contributed by atoms with van der Waals surface area (Å²) >= 11 is 0. The molecule has 2 atom stereocenters. The summed E-state index contributed by atoms with van der Waals surface area (Å²) in [6.45, 7) is 32.5. The van der Waals surface area contributed by atoms with E-state index < -0.39 is 0 Å². The largest absolute Gasteiger partial charge is 0.507 e. The number of carbonyl (C=O) groups is 9. The smallest absolute Gasteiger partial charge is 0.163 e. The summed E-state index contributed by atoms with van der Waals surface area (Å²) in [6, 6.07) is 20.8. The van der Waals surface area contributed by atoms with Crippen molar-refractivity contribution in [2.24, 2.45) is 11.8 Å². The third-order valence-corrected chi connectivity index (χ3v) is 22.2. The molecule has 0 aromatic heterocycles. The molecule has 128 heavy (non-hydrogen) atoms. The molecule has 0 amide bonds. The van der Waals surface area contributed by atoms with E-state index in [9.17, 15) is 48.3 Å². The summed E-state index contributed by atoms with van der Waals surface area (Å²) in [4.78, 5) is 95.9. The number of hydrogen-bond donors (Lipinski definition) is 2. The van der Waals surface area contributed by atoms with Crippen molar-refractivity contribution in [2.75, 3.05) is 7.11 Å². The Labute approximate surface area is 789 Å². The van der Waals surface area contributed by atoms with E-state index in [1.54, 1.807) is 78.8 Å². The fourth-order valence-electron chi connectivity index (χ4n) is 13.5. The molecular formula is C116H200O12. The second-order valence-corrected chi connectivity index (χ2v) is 35.8. The third-order valence-electron chi connectivity index (χ3n) is 22.2. The molecule has 3 rings (SSSR count). The lowest BCUT2D eigenvalue weighted by Gasteiger charge is -2.06. The van der Waals surface area contributed by atoms with Gasteiger partial charge in [-0.15, -0.1) is 0 Å². The molecule has 0 saturated heterocycles. The molecule has 3 aromatic rings. The number of phenolic OH excluding ortho intramolecular Hbond substituents is 2.